The number of rotatable bonds is 4. The number of carbonyl (C=O) groups is 1. The number of hydrogen-bond donors (Lipinski definition) is 3. The van der Waals surface area contributed by atoms with Gasteiger partial charge in [0.1, 0.15) is 5.56 Å². The minimum Gasteiger partial charge on any atom is -0.409 e. The van der Waals surface area contributed by atoms with Gasteiger partial charge in [0.15, 0.2) is 11.3 Å². The number of nitrogens with two attached hydrogens (primary N) is 1. The average molecular weight is 292 g/mol. The monoisotopic (exact) mass is 292 g/mol. The molecular formula is C14H20N4O3. The molecule has 0 aliphatic heterocycles. The lowest BCUT2D eigenvalue weighted by atomic mass is 10.1. The van der Waals surface area contributed by atoms with Gasteiger partial charge in [-0.25, -0.2) is 0 Å². The Morgan fingerprint density at radius 1 is 1.52 bits per heavy atom. The quantitative estimate of drug-likeness (QED) is 0.330. The van der Waals surface area contributed by atoms with E-state index in [1.807, 2.05) is 0 Å². The predicted molar refractivity (Wildman–Crippen MR) is 78.5 cm³/mol. The van der Waals surface area contributed by atoms with Crippen molar-refractivity contribution in [2.24, 2.45) is 10.9 Å². The number of H-pyrrole nitrogens is 1. The minimum absolute atomic E-state index is 0.0211. The van der Waals surface area contributed by atoms with E-state index in [-0.39, 0.29) is 35.3 Å². The number of pyridine rings is 1. The van der Waals surface area contributed by atoms with Crippen LogP contribution in [0.2, 0.25) is 0 Å². The Morgan fingerprint density at radius 2 is 2.19 bits per heavy atom. The van der Waals surface area contributed by atoms with Crippen molar-refractivity contribution < 1.29 is 10.0 Å². The Hall–Kier alpha value is -2.31. The van der Waals surface area contributed by atoms with E-state index in [1.54, 1.807) is 6.92 Å². The molecule has 2 rings (SSSR count). The van der Waals surface area contributed by atoms with Crippen LogP contribution in [-0.4, -0.2) is 39.4 Å². The van der Waals surface area contributed by atoms with Crippen molar-refractivity contribution in [2.75, 3.05) is 6.54 Å². The third-order valence-corrected chi connectivity index (χ3v) is 3.77. The Labute approximate surface area is 122 Å². The number of aromatic amines is 1. The van der Waals surface area contributed by atoms with Crippen LogP contribution in [0.15, 0.2) is 22.2 Å². The molecule has 4 N–H and O–H groups in total. The third kappa shape index (κ3) is 3.42. The van der Waals surface area contributed by atoms with Crippen molar-refractivity contribution in [3.63, 3.8) is 0 Å². The van der Waals surface area contributed by atoms with Crippen molar-refractivity contribution in [2.45, 2.75) is 38.6 Å². The number of amidine groups is 1. The number of carbonyl (C=O) groups excluding carboxylic acids is 1. The van der Waals surface area contributed by atoms with Gasteiger partial charge in [0.2, 0.25) is 0 Å². The van der Waals surface area contributed by atoms with Crippen LogP contribution in [0.4, 0.5) is 0 Å². The number of oxime groups is 1. The molecule has 21 heavy (non-hydrogen) atoms. The standard InChI is InChI=1S/C14H20N4O3/c1-9-6-12(19)11(7-16-9)14(20)18(8-13(15)17-21)10-4-2-3-5-10/h6-7,10,21H,2-5,8H2,1H3,(H2,15,17)(H,16,19). The molecule has 7 heteroatoms. The van der Waals surface area contributed by atoms with Gasteiger partial charge >= 0.3 is 0 Å². The van der Waals surface area contributed by atoms with Gasteiger partial charge in [0, 0.05) is 24.0 Å². The van der Waals surface area contributed by atoms with E-state index in [9.17, 15) is 9.59 Å². The zero-order valence-corrected chi connectivity index (χ0v) is 12.0. The van der Waals surface area contributed by atoms with E-state index in [4.69, 9.17) is 10.9 Å². The summed E-state index contributed by atoms with van der Waals surface area (Å²) in [4.78, 5) is 29.0. The van der Waals surface area contributed by atoms with Crippen LogP contribution >= 0.6 is 0 Å². The summed E-state index contributed by atoms with van der Waals surface area (Å²) in [5.41, 5.74) is 6.00. The summed E-state index contributed by atoms with van der Waals surface area (Å²) < 4.78 is 0. The van der Waals surface area contributed by atoms with E-state index in [2.05, 4.69) is 10.1 Å². The smallest absolute Gasteiger partial charge is 0.259 e. The SMILES string of the molecule is Cc1cc(=O)c(C(=O)N(CC(N)=NO)C2CCCC2)c[nH]1. The summed E-state index contributed by atoms with van der Waals surface area (Å²) in [6, 6.07) is 1.42. The number of nitrogens with one attached hydrogen (secondary N) is 1. The van der Waals surface area contributed by atoms with E-state index in [0.29, 0.717) is 5.69 Å². The molecule has 0 saturated heterocycles. The van der Waals surface area contributed by atoms with Gasteiger partial charge in [-0.3, -0.25) is 9.59 Å². The maximum absolute atomic E-state index is 12.6. The summed E-state index contributed by atoms with van der Waals surface area (Å²) in [7, 11) is 0. The summed E-state index contributed by atoms with van der Waals surface area (Å²) in [5, 5.41) is 11.7. The van der Waals surface area contributed by atoms with Crippen molar-refractivity contribution in [1.82, 2.24) is 9.88 Å². The predicted octanol–water partition coefficient (Wildman–Crippen LogP) is 0.815. The molecule has 0 bridgehead atoms. The molecule has 0 aromatic carbocycles. The van der Waals surface area contributed by atoms with E-state index in [0.717, 1.165) is 25.7 Å². The van der Waals surface area contributed by atoms with Gasteiger partial charge in [-0.2, -0.15) is 0 Å². The maximum atomic E-state index is 12.6. The summed E-state index contributed by atoms with van der Waals surface area (Å²) in [6.07, 6.45) is 5.24. The molecule has 114 valence electrons. The van der Waals surface area contributed by atoms with Gasteiger partial charge in [-0.05, 0) is 19.8 Å². The molecule has 1 aromatic rings. The second-order valence-corrected chi connectivity index (χ2v) is 5.36. The molecule has 1 fully saturated rings. The first-order valence-electron chi connectivity index (χ1n) is 6.99. The molecule has 1 saturated carbocycles. The third-order valence-electron chi connectivity index (χ3n) is 3.77. The van der Waals surface area contributed by atoms with Crippen LogP contribution in [0.5, 0.6) is 0 Å². The van der Waals surface area contributed by atoms with Gasteiger partial charge in [-0.1, -0.05) is 18.0 Å². The number of nitrogens with zero attached hydrogens (tertiary/aromatic N) is 2. The lowest BCUT2D eigenvalue weighted by Crippen LogP contribution is -2.45. The zero-order valence-electron chi connectivity index (χ0n) is 12.0. The van der Waals surface area contributed by atoms with Crippen LogP contribution in [0.1, 0.15) is 41.7 Å². The van der Waals surface area contributed by atoms with Crippen LogP contribution in [0.25, 0.3) is 0 Å². The first-order chi connectivity index (χ1) is 10.0. The lowest BCUT2D eigenvalue weighted by Gasteiger charge is -2.28. The van der Waals surface area contributed by atoms with Crippen LogP contribution in [0.3, 0.4) is 0 Å². The molecule has 7 nitrogen and oxygen atoms in total. The van der Waals surface area contributed by atoms with E-state index < -0.39 is 0 Å². The fourth-order valence-electron chi connectivity index (χ4n) is 2.68. The Kier molecular flexibility index (Phi) is 4.62. The van der Waals surface area contributed by atoms with Crippen molar-refractivity contribution >= 4 is 11.7 Å². The topological polar surface area (TPSA) is 112 Å². The number of amides is 1. The van der Waals surface area contributed by atoms with Crippen molar-refractivity contribution in [3.8, 4) is 0 Å². The van der Waals surface area contributed by atoms with Crippen LogP contribution < -0.4 is 11.2 Å². The highest BCUT2D eigenvalue weighted by Crippen LogP contribution is 2.24. The summed E-state index contributed by atoms with van der Waals surface area (Å²) >= 11 is 0. The Balaban J connectivity index is 2.30. The molecule has 1 aliphatic carbocycles. The molecule has 1 amide bonds. The molecule has 0 spiro atoms. The van der Waals surface area contributed by atoms with Crippen LogP contribution in [-0.2, 0) is 0 Å². The fraction of sp³-hybridized carbons (Fsp3) is 0.500. The summed E-state index contributed by atoms with van der Waals surface area (Å²) in [5.74, 6) is -0.423. The molecule has 1 aromatic heterocycles. The largest absolute Gasteiger partial charge is 0.409 e. The average Bonchev–Trinajstić information content (AvgIpc) is 2.97. The Bertz CT molecular complexity index is 602. The normalized spacial score (nSPS) is 16.1. The van der Waals surface area contributed by atoms with E-state index in [1.165, 1.54) is 17.2 Å². The fourth-order valence-corrected chi connectivity index (χ4v) is 2.68. The summed E-state index contributed by atoms with van der Waals surface area (Å²) in [6.45, 7) is 1.77. The van der Waals surface area contributed by atoms with Crippen molar-refractivity contribution in [1.29, 1.82) is 0 Å². The van der Waals surface area contributed by atoms with E-state index >= 15 is 0 Å². The number of aryl methyl sites for hydroxylation is 1. The highest BCUT2D eigenvalue weighted by atomic mass is 16.4. The Morgan fingerprint density at radius 3 is 2.76 bits per heavy atom. The molecule has 1 heterocycles. The molecule has 1 aliphatic rings. The van der Waals surface area contributed by atoms with Gasteiger partial charge in [0.05, 0.1) is 6.54 Å². The molecule has 0 atom stereocenters. The first kappa shape index (κ1) is 15.1. The number of hydrogen-bond acceptors (Lipinski definition) is 4. The second kappa shape index (κ2) is 6.43. The zero-order chi connectivity index (χ0) is 15.4. The lowest BCUT2D eigenvalue weighted by molar-refractivity contribution is 0.0710. The molecule has 0 unspecified atom stereocenters. The minimum atomic E-state index is -0.380. The second-order valence-electron chi connectivity index (χ2n) is 5.36. The van der Waals surface area contributed by atoms with Crippen LogP contribution in [0, 0.1) is 6.92 Å². The first-order valence-corrected chi connectivity index (χ1v) is 6.99. The highest BCUT2D eigenvalue weighted by Gasteiger charge is 2.29. The number of aromatic nitrogens is 1. The van der Waals surface area contributed by atoms with Gasteiger partial charge < -0.3 is 20.8 Å². The highest BCUT2D eigenvalue weighted by molar-refractivity contribution is 5.97. The molecular weight excluding hydrogens is 272 g/mol. The van der Waals surface area contributed by atoms with Gasteiger partial charge in [0.25, 0.3) is 5.91 Å². The molecule has 0 radical (unpaired) electrons. The van der Waals surface area contributed by atoms with Gasteiger partial charge in [-0.15, -0.1) is 0 Å². The maximum Gasteiger partial charge on any atom is 0.259 e. The van der Waals surface area contributed by atoms with Crippen molar-refractivity contribution in [3.05, 3.63) is 33.7 Å².